The van der Waals surface area contributed by atoms with Crippen molar-refractivity contribution < 1.29 is 19.4 Å². The summed E-state index contributed by atoms with van der Waals surface area (Å²) in [5, 5.41) is 19.6. The van der Waals surface area contributed by atoms with Gasteiger partial charge < -0.3 is 20.5 Å². The fourth-order valence-corrected chi connectivity index (χ4v) is 3.91. The Kier molecular flexibility index (Phi) is 7.75. The second-order valence-corrected chi connectivity index (χ2v) is 8.36. The molecule has 0 fully saturated rings. The molecule has 1 aromatic carbocycles. The summed E-state index contributed by atoms with van der Waals surface area (Å²) in [6.45, 7) is 1.74. The topological polar surface area (TPSA) is 118 Å². The molecule has 0 saturated carbocycles. The lowest BCUT2D eigenvalue weighted by molar-refractivity contribution is -0.139. The third-order valence-corrected chi connectivity index (χ3v) is 5.70. The van der Waals surface area contributed by atoms with E-state index in [4.69, 9.17) is 9.72 Å². The smallest absolute Gasteiger partial charge is 0.408 e. The fourth-order valence-electron chi connectivity index (χ4n) is 3.91. The summed E-state index contributed by atoms with van der Waals surface area (Å²) in [6, 6.07) is 12.3. The molecule has 1 amide bonds. The van der Waals surface area contributed by atoms with Crippen LogP contribution in [0.3, 0.4) is 0 Å². The normalized spacial score (nSPS) is 13.4. The molecule has 3 N–H and O–H groups in total. The number of carboxylic acid groups (broad SMARTS) is 1. The lowest BCUT2D eigenvalue weighted by Crippen LogP contribution is -2.42. The SMILES string of the molecule is O=C(NC(Cc1cnn(CCCc2ccc3c(n2)NCCC3)c1)C(=O)O)OCc1ccccc1. The number of carbonyl (C=O) groups is 2. The number of fused-ring (bicyclic) bond motifs is 1. The molecule has 0 spiro atoms. The third-order valence-electron chi connectivity index (χ3n) is 5.70. The Balaban J connectivity index is 1.24. The van der Waals surface area contributed by atoms with Crippen LogP contribution >= 0.6 is 0 Å². The Morgan fingerprint density at radius 1 is 1.18 bits per heavy atom. The van der Waals surface area contributed by atoms with Gasteiger partial charge in [0.05, 0.1) is 6.20 Å². The van der Waals surface area contributed by atoms with Crippen molar-refractivity contribution in [3.8, 4) is 0 Å². The number of rotatable bonds is 10. The van der Waals surface area contributed by atoms with Crippen molar-refractivity contribution >= 4 is 17.9 Å². The number of pyridine rings is 1. The number of amides is 1. The van der Waals surface area contributed by atoms with Gasteiger partial charge in [-0.1, -0.05) is 36.4 Å². The molecule has 0 aliphatic carbocycles. The minimum Gasteiger partial charge on any atom is -0.480 e. The highest BCUT2D eigenvalue weighted by Gasteiger charge is 2.22. The number of hydrogen-bond donors (Lipinski definition) is 3. The minimum absolute atomic E-state index is 0.0755. The minimum atomic E-state index is -1.13. The Bertz CT molecular complexity index is 1120. The van der Waals surface area contributed by atoms with E-state index in [1.54, 1.807) is 10.9 Å². The number of aryl methyl sites for hydroxylation is 3. The Hall–Kier alpha value is -3.88. The number of ether oxygens (including phenoxy) is 1. The number of anilines is 1. The van der Waals surface area contributed by atoms with Gasteiger partial charge in [0.1, 0.15) is 18.5 Å². The van der Waals surface area contributed by atoms with Crippen molar-refractivity contribution in [3.63, 3.8) is 0 Å². The fraction of sp³-hybridized carbons (Fsp3) is 0.360. The highest BCUT2D eigenvalue weighted by atomic mass is 16.5. The summed E-state index contributed by atoms with van der Waals surface area (Å²) in [5.41, 5.74) is 3.88. The first-order chi connectivity index (χ1) is 16.6. The number of aliphatic carboxylic acids is 1. The second kappa shape index (κ2) is 11.3. The molecule has 3 aromatic rings. The largest absolute Gasteiger partial charge is 0.480 e. The summed E-state index contributed by atoms with van der Waals surface area (Å²) < 4.78 is 6.93. The summed E-state index contributed by atoms with van der Waals surface area (Å²) in [4.78, 5) is 28.4. The Morgan fingerprint density at radius 2 is 2.03 bits per heavy atom. The van der Waals surface area contributed by atoms with E-state index < -0.39 is 18.1 Å². The van der Waals surface area contributed by atoms with E-state index in [2.05, 4.69) is 27.9 Å². The van der Waals surface area contributed by atoms with Crippen molar-refractivity contribution in [1.29, 1.82) is 0 Å². The number of aromatic nitrogens is 3. The molecule has 0 saturated heterocycles. The van der Waals surface area contributed by atoms with Crippen LogP contribution in [0, 0.1) is 0 Å². The highest BCUT2D eigenvalue weighted by molar-refractivity contribution is 5.80. The van der Waals surface area contributed by atoms with E-state index in [-0.39, 0.29) is 13.0 Å². The van der Waals surface area contributed by atoms with Crippen LogP contribution in [0.2, 0.25) is 0 Å². The zero-order chi connectivity index (χ0) is 23.8. The summed E-state index contributed by atoms with van der Waals surface area (Å²) in [7, 11) is 0. The van der Waals surface area contributed by atoms with Gasteiger partial charge in [0, 0.05) is 31.4 Å². The van der Waals surface area contributed by atoms with Crippen LogP contribution < -0.4 is 10.6 Å². The van der Waals surface area contributed by atoms with Crippen molar-refractivity contribution in [2.45, 2.75) is 51.3 Å². The van der Waals surface area contributed by atoms with Gasteiger partial charge in [0.2, 0.25) is 0 Å². The van der Waals surface area contributed by atoms with Gasteiger partial charge in [-0.05, 0) is 48.4 Å². The lowest BCUT2D eigenvalue weighted by atomic mass is 10.1. The molecule has 9 nitrogen and oxygen atoms in total. The van der Waals surface area contributed by atoms with Gasteiger partial charge in [0.15, 0.2) is 0 Å². The molecule has 178 valence electrons. The number of carbonyl (C=O) groups excluding carboxylic acids is 1. The molecule has 1 unspecified atom stereocenters. The second-order valence-electron chi connectivity index (χ2n) is 8.36. The maximum absolute atomic E-state index is 12.1. The van der Waals surface area contributed by atoms with Crippen molar-refractivity contribution in [2.75, 3.05) is 11.9 Å². The van der Waals surface area contributed by atoms with E-state index in [0.717, 1.165) is 54.9 Å². The van der Waals surface area contributed by atoms with Crippen molar-refractivity contribution in [1.82, 2.24) is 20.1 Å². The van der Waals surface area contributed by atoms with E-state index in [1.165, 1.54) is 5.56 Å². The molecule has 9 heteroatoms. The highest BCUT2D eigenvalue weighted by Crippen LogP contribution is 2.20. The molecular formula is C25H29N5O4. The molecule has 1 aliphatic heterocycles. The van der Waals surface area contributed by atoms with Gasteiger partial charge in [-0.15, -0.1) is 0 Å². The molecule has 1 atom stereocenters. The number of alkyl carbamates (subject to hydrolysis) is 1. The molecular weight excluding hydrogens is 434 g/mol. The molecule has 2 aromatic heterocycles. The number of nitrogens with zero attached hydrogens (tertiary/aromatic N) is 3. The van der Waals surface area contributed by atoms with Crippen LogP contribution in [0.1, 0.15) is 35.2 Å². The maximum Gasteiger partial charge on any atom is 0.408 e. The number of nitrogens with one attached hydrogen (secondary N) is 2. The van der Waals surface area contributed by atoms with Crippen LogP contribution in [0.25, 0.3) is 0 Å². The van der Waals surface area contributed by atoms with E-state index in [1.807, 2.05) is 36.5 Å². The van der Waals surface area contributed by atoms with Crippen LogP contribution in [0.15, 0.2) is 54.9 Å². The van der Waals surface area contributed by atoms with Gasteiger partial charge >= 0.3 is 12.1 Å². The first-order valence-electron chi connectivity index (χ1n) is 11.5. The third kappa shape index (κ3) is 6.57. The summed E-state index contributed by atoms with van der Waals surface area (Å²) in [5.74, 6) is -0.129. The quantitative estimate of drug-likeness (QED) is 0.423. The molecule has 4 rings (SSSR count). The number of benzene rings is 1. The van der Waals surface area contributed by atoms with Crippen LogP contribution in [0.5, 0.6) is 0 Å². The first kappa shape index (κ1) is 23.3. The van der Waals surface area contributed by atoms with Crippen LogP contribution in [0.4, 0.5) is 10.6 Å². The molecule has 34 heavy (non-hydrogen) atoms. The van der Waals surface area contributed by atoms with E-state index in [0.29, 0.717) is 6.54 Å². The average molecular weight is 464 g/mol. The van der Waals surface area contributed by atoms with Crippen LogP contribution in [-0.4, -0.2) is 44.5 Å². The maximum atomic E-state index is 12.1. The standard InChI is InChI=1S/C25H29N5O4/c31-24(32)22(29-25(33)34-17-18-6-2-1-3-7-18)14-19-15-27-30(16-19)13-5-9-21-11-10-20-8-4-12-26-23(20)28-21/h1-3,6-7,10-11,15-16,22H,4-5,8-9,12-14,17H2,(H,26,28)(H,29,33)(H,31,32). The summed E-state index contributed by atoms with van der Waals surface area (Å²) >= 11 is 0. The number of carboxylic acids is 1. The molecule has 0 bridgehead atoms. The van der Waals surface area contributed by atoms with Gasteiger partial charge in [-0.3, -0.25) is 4.68 Å². The number of hydrogen-bond acceptors (Lipinski definition) is 6. The monoisotopic (exact) mass is 463 g/mol. The van der Waals surface area contributed by atoms with Gasteiger partial charge in [0.25, 0.3) is 0 Å². The van der Waals surface area contributed by atoms with E-state index in [9.17, 15) is 14.7 Å². The van der Waals surface area contributed by atoms with Crippen molar-refractivity contribution in [2.24, 2.45) is 0 Å². The van der Waals surface area contributed by atoms with Gasteiger partial charge in [-0.25, -0.2) is 14.6 Å². The summed E-state index contributed by atoms with van der Waals surface area (Å²) in [6.07, 6.45) is 6.70. The molecule has 0 radical (unpaired) electrons. The average Bonchev–Trinajstić information content (AvgIpc) is 3.30. The Morgan fingerprint density at radius 3 is 2.85 bits per heavy atom. The predicted molar refractivity (Wildman–Crippen MR) is 126 cm³/mol. The van der Waals surface area contributed by atoms with E-state index >= 15 is 0 Å². The first-order valence-corrected chi connectivity index (χ1v) is 11.5. The Labute approximate surface area is 198 Å². The molecule has 1 aliphatic rings. The van der Waals surface area contributed by atoms with Crippen LogP contribution in [-0.2, 0) is 41.9 Å². The van der Waals surface area contributed by atoms with Crippen molar-refractivity contribution in [3.05, 3.63) is 77.2 Å². The van der Waals surface area contributed by atoms with Gasteiger partial charge in [-0.2, -0.15) is 5.10 Å². The lowest BCUT2D eigenvalue weighted by Gasteiger charge is -2.17. The zero-order valence-corrected chi connectivity index (χ0v) is 18.9. The predicted octanol–water partition coefficient (Wildman–Crippen LogP) is 3.19. The zero-order valence-electron chi connectivity index (χ0n) is 18.9. The molecule has 3 heterocycles.